The summed E-state index contributed by atoms with van der Waals surface area (Å²) >= 11 is 0. The standard InChI is InChI=1S/C21H16F3N3O4/c22-21(23,24)14-5-1-12(2-6-14)16(20(30)31)11-17(28)27-15-7-3-13(4-8-15)18(29)19-25-9-10-26-19/h1-10,16H,11H2,(H,25,26)(H,27,28)(H,30,31). The van der Waals surface area contributed by atoms with Gasteiger partial charge in [0.1, 0.15) is 0 Å². The first-order valence-corrected chi connectivity index (χ1v) is 8.99. The number of hydrogen-bond donors (Lipinski definition) is 3. The van der Waals surface area contributed by atoms with Crippen molar-refractivity contribution < 1.29 is 32.7 Å². The van der Waals surface area contributed by atoms with Gasteiger partial charge in [-0.2, -0.15) is 13.2 Å². The van der Waals surface area contributed by atoms with Crippen LogP contribution in [0.1, 0.15) is 39.6 Å². The number of H-pyrrole nitrogens is 1. The Kier molecular flexibility index (Phi) is 6.19. The van der Waals surface area contributed by atoms with Gasteiger partial charge < -0.3 is 15.4 Å². The third-order valence-electron chi connectivity index (χ3n) is 4.47. The molecule has 1 unspecified atom stereocenters. The molecule has 0 aliphatic rings. The van der Waals surface area contributed by atoms with Crippen LogP contribution in [0.3, 0.4) is 0 Å². The zero-order valence-corrected chi connectivity index (χ0v) is 15.8. The summed E-state index contributed by atoms with van der Waals surface area (Å²) in [5.41, 5.74) is -0.164. The molecule has 0 aliphatic carbocycles. The van der Waals surface area contributed by atoms with Crippen LogP contribution in [0.2, 0.25) is 0 Å². The van der Waals surface area contributed by atoms with Crippen LogP contribution in [0.15, 0.2) is 60.9 Å². The van der Waals surface area contributed by atoms with Crippen molar-refractivity contribution in [1.29, 1.82) is 0 Å². The number of aromatic nitrogens is 2. The summed E-state index contributed by atoms with van der Waals surface area (Å²) in [4.78, 5) is 42.6. The van der Waals surface area contributed by atoms with E-state index in [9.17, 15) is 32.7 Å². The van der Waals surface area contributed by atoms with Gasteiger partial charge in [0, 0.05) is 30.1 Å². The molecule has 3 N–H and O–H groups in total. The number of alkyl halides is 3. The summed E-state index contributed by atoms with van der Waals surface area (Å²) < 4.78 is 38.0. The lowest BCUT2D eigenvalue weighted by atomic mass is 9.94. The van der Waals surface area contributed by atoms with Crippen LogP contribution >= 0.6 is 0 Å². The molecule has 1 amide bonds. The van der Waals surface area contributed by atoms with E-state index in [2.05, 4.69) is 15.3 Å². The van der Waals surface area contributed by atoms with Crippen molar-refractivity contribution in [2.45, 2.75) is 18.5 Å². The number of imidazole rings is 1. The van der Waals surface area contributed by atoms with Crippen molar-refractivity contribution in [3.63, 3.8) is 0 Å². The largest absolute Gasteiger partial charge is 0.481 e. The molecule has 0 bridgehead atoms. The minimum atomic E-state index is -4.54. The second-order valence-corrected chi connectivity index (χ2v) is 6.61. The van der Waals surface area contributed by atoms with Crippen molar-refractivity contribution in [2.24, 2.45) is 0 Å². The van der Waals surface area contributed by atoms with E-state index in [1.807, 2.05) is 0 Å². The van der Waals surface area contributed by atoms with Crippen molar-refractivity contribution >= 4 is 23.3 Å². The average Bonchev–Trinajstić information content (AvgIpc) is 3.26. The van der Waals surface area contributed by atoms with E-state index in [0.29, 0.717) is 11.3 Å². The van der Waals surface area contributed by atoms with Gasteiger partial charge in [0.05, 0.1) is 11.5 Å². The Morgan fingerprint density at radius 1 is 1.03 bits per heavy atom. The molecule has 0 aliphatic heterocycles. The highest BCUT2D eigenvalue weighted by Gasteiger charge is 2.31. The minimum absolute atomic E-state index is 0.0787. The Morgan fingerprint density at radius 3 is 2.19 bits per heavy atom. The number of nitrogens with zero attached hydrogens (tertiary/aromatic N) is 1. The molecule has 1 atom stereocenters. The SMILES string of the molecule is O=C(CC(C(=O)O)c1ccc(C(F)(F)F)cc1)Nc1ccc(C(=O)c2ncc[nH]2)cc1. The quantitative estimate of drug-likeness (QED) is 0.492. The van der Waals surface area contributed by atoms with E-state index in [1.165, 1.54) is 36.7 Å². The average molecular weight is 431 g/mol. The van der Waals surface area contributed by atoms with Crippen LogP contribution in [-0.4, -0.2) is 32.7 Å². The number of carboxylic acids is 1. The number of aliphatic carboxylic acids is 1. The molecule has 3 aromatic rings. The van der Waals surface area contributed by atoms with Crippen molar-refractivity contribution in [3.05, 3.63) is 83.4 Å². The van der Waals surface area contributed by atoms with E-state index < -0.39 is 36.0 Å². The monoisotopic (exact) mass is 431 g/mol. The van der Waals surface area contributed by atoms with Crippen LogP contribution in [0.4, 0.5) is 18.9 Å². The van der Waals surface area contributed by atoms with Gasteiger partial charge in [-0.25, -0.2) is 4.98 Å². The number of nitrogens with one attached hydrogen (secondary N) is 2. The summed E-state index contributed by atoms with van der Waals surface area (Å²) in [6.07, 6.45) is -2.07. The molecule has 0 fully saturated rings. The van der Waals surface area contributed by atoms with Crippen LogP contribution in [0.5, 0.6) is 0 Å². The van der Waals surface area contributed by atoms with Crippen LogP contribution in [0.25, 0.3) is 0 Å². The highest BCUT2D eigenvalue weighted by molar-refractivity contribution is 6.06. The molecule has 7 nitrogen and oxygen atoms in total. The van der Waals surface area contributed by atoms with Gasteiger partial charge in [-0.05, 0) is 42.0 Å². The normalized spacial score (nSPS) is 12.2. The molecule has 160 valence electrons. The van der Waals surface area contributed by atoms with E-state index in [0.717, 1.165) is 24.3 Å². The highest BCUT2D eigenvalue weighted by atomic mass is 19.4. The molecule has 0 radical (unpaired) electrons. The molecule has 3 rings (SSSR count). The van der Waals surface area contributed by atoms with Crippen LogP contribution in [0, 0.1) is 0 Å². The Labute approximate surface area is 173 Å². The third-order valence-corrected chi connectivity index (χ3v) is 4.47. The third kappa shape index (κ3) is 5.35. The second-order valence-electron chi connectivity index (χ2n) is 6.61. The number of rotatable bonds is 7. The maximum absolute atomic E-state index is 12.7. The lowest BCUT2D eigenvalue weighted by Gasteiger charge is -2.14. The molecule has 1 heterocycles. The molecule has 1 aromatic heterocycles. The number of aromatic amines is 1. The van der Waals surface area contributed by atoms with E-state index >= 15 is 0 Å². The number of hydrogen-bond acceptors (Lipinski definition) is 4. The number of halogens is 3. The lowest BCUT2D eigenvalue weighted by Crippen LogP contribution is -2.21. The number of ketones is 1. The Hall–Kier alpha value is -3.95. The molecule has 2 aromatic carbocycles. The van der Waals surface area contributed by atoms with Gasteiger partial charge in [0.15, 0.2) is 5.82 Å². The van der Waals surface area contributed by atoms with Gasteiger partial charge in [-0.3, -0.25) is 14.4 Å². The topological polar surface area (TPSA) is 112 Å². The number of anilines is 1. The van der Waals surface area contributed by atoms with E-state index in [4.69, 9.17) is 0 Å². The maximum atomic E-state index is 12.7. The Morgan fingerprint density at radius 2 is 1.68 bits per heavy atom. The second kappa shape index (κ2) is 8.82. The highest BCUT2D eigenvalue weighted by Crippen LogP contribution is 2.31. The van der Waals surface area contributed by atoms with Gasteiger partial charge >= 0.3 is 12.1 Å². The number of carbonyl (C=O) groups is 3. The number of benzene rings is 2. The van der Waals surface area contributed by atoms with E-state index in [-0.39, 0.29) is 17.2 Å². The predicted octanol–water partition coefficient (Wildman–Crippen LogP) is 3.86. The molecular formula is C21H16F3N3O4. The zero-order chi connectivity index (χ0) is 22.6. The summed E-state index contributed by atoms with van der Waals surface area (Å²) in [5.74, 6) is -3.47. The predicted molar refractivity (Wildman–Crippen MR) is 104 cm³/mol. The first-order valence-electron chi connectivity index (χ1n) is 8.99. The van der Waals surface area contributed by atoms with Gasteiger partial charge in [-0.1, -0.05) is 12.1 Å². The minimum Gasteiger partial charge on any atom is -0.481 e. The summed E-state index contributed by atoms with van der Waals surface area (Å²) in [7, 11) is 0. The fourth-order valence-corrected chi connectivity index (χ4v) is 2.88. The molecule has 0 saturated carbocycles. The first kappa shape index (κ1) is 21.8. The fraction of sp³-hybridized carbons (Fsp3) is 0.143. The van der Waals surface area contributed by atoms with Crippen LogP contribution < -0.4 is 5.32 Å². The van der Waals surface area contributed by atoms with Gasteiger partial charge in [0.2, 0.25) is 11.7 Å². The molecule has 10 heteroatoms. The summed E-state index contributed by atoms with van der Waals surface area (Å²) in [6, 6.07) is 9.55. The fourth-order valence-electron chi connectivity index (χ4n) is 2.88. The Balaban J connectivity index is 1.66. The Bertz CT molecular complexity index is 1080. The molecular weight excluding hydrogens is 415 g/mol. The smallest absolute Gasteiger partial charge is 0.416 e. The first-order chi connectivity index (χ1) is 14.6. The summed E-state index contributed by atoms with van der Waals surface area (Å²) in [6.45, 7) is 0. The maximum Gasteiger partial charge on any atom is 0.416 e. The van der Waals surface area contributed by atoms with Crippen molar-refractivity contribution in [1.82, 2.24) is 9.97 Å². The van der Waals surface area contributed by atoms with Crippen molar-refractivity contribution in [2.75, 3.05) is 5.32 Å². The van der Waals surface area contributed by atoms with Crippen molar-refractivity contribution in [3.8, 4) is 0 Å². The number of amides is 1. The molecule has 31 heavy (non-hydrogen) atoms. The number of carbonyl (C=O) groups excluding carboxylic acids is 2. The van der Waals surface area contributed by atoms with Gasteiger partial charge in [0.25, 0.3) is 0 Å². The lowest BCUT2D eigenvalue weighted by molar-refractivity contribution is -0.140. The number of carboxylic acid groups (broad SMARTS) is 1. The molecule has 0 spiro atoms. The zero-order valence-electron chi connectivity index (χ0n) is 15.8. The van der Waals surface area contributed by atoms with Gasteiger partial charge in [-0.15, -0.1) is 0 Å². The summed E-state index contributed by atoms with van der Waals surface area (Å²) in [5, 5.41) is 11.9. The van der Waals surface area contributed by atoms with Crippen LogP contribution in [-0.2, 0) is 15.8 Å². The van der Waals surface area contributed by atoms with E-state index in [1.54, 1.807) is 0 Å². The molecule has 0 saturated heterocycles.